The third kappa shape index (κ3) is 2.72. The number of hydrogen-bond donors (Lipinski definition) is 2. The third-order valence-electron chi connectivity index (χ3n) is 2.38. The van der Waals surface area contributed by atoms with E-state index >= 15 is 0 Å². The van der Waals surface area contributed by atoms with Crippen LogP contribution in [0.2, 0.25) is 5.02 Å². The van der Waals surface area contributed by atoms with Crippen LogP contribution >= 0.6 is 11.6 Å². The Morgan fingerprint density at radius 3 is 2.88 bits per heavy atom. The number of H-pyrrole nitrogens is 1. The molecule has 0 saturated carbocycles. The summed E-state index contributed by atoms with van der Waals surface area (Å²) >= 11 is 5.88. The lowest BCUT2D eigenvalue weighted by atomic mass is 10.2. The first-order valence-electron chi connectivity index (χ1n) is 5.25. The molecular weight excluding hydrogens is 238 g/mol. The Bertz CT molecular complexity index is 580. The highest BCUT2D eigenvalue weighted by atomic mass is 35.5. The number of rotatable bonds is 3. The van der Waals surface area contributed by atoms with Crippen molar-refractivity contribution in [1.29, 1.82) is 0 Å². The molecular formula is C12H12ClN3O. The first-order chi connectivity index (χ1) is 8.20. The molecule has 3 N–H and O–H groups in total. The average Bonchev–Trinajstić information content (AvgIpc) is 2.32. The molecule has 0 radical (unpaired) electrons. The van der Waals surface area contributed by atoms with Crippen LogP contribution in [0.4, 0.5) is 0 Å². The van der Waals surface area contributed by atoms with Crippen LogP contribution in [0.1, 0.15) is 5.56 Å². The first kappa shape index (κ1) is 11.8. The Morgan fingerprint density at radius 2 is 2.24 bits per heavy atom. The monoisotopic (exact) mass is 249 g/mol. The summed E-state index contributed by atoms with van der Waals surface area (Å²) in [4.78, 5) is 18.6. The SMILES string of the molecule is NCCc1cnc(-c2cccc(Cl)c2)[nH]c1=O. The standard InChI is InChI=1S/C12H12ClN3O/c13-10-3-1-2-8(6-10)11-15-7-9(4-5-14)12(17)16-11/h1-3,6-7H,4-5,14H2,(H,15,16,17). The van der Waals surface area contributed by atoms with Gasteiger partial charge >= 0.3 is 0 Å². The smallest absolute Gasteiger partial charge is 0.254 e. The molecule has 1 aromatic carbocycles. The van der Waals surface area contributed by atoms with Crippen LogP contribution in [0.5, 0.6) is 0 Å². The van der Waals surface area contributed by atoms with Gasteiger partial charge < -0.3 is 10.7 Å². The van der Waals surface area contributed by atoms with Gasteiger partial charge in [-0.05, 0) is 25.1 Å². The number of benzene rings is 1. The van der Waals surface area contributed by atoms with Gasteiger partial charge in [0.2, 0.25) is 0 Å². The quantitative estimate of drug-likeness (QED) is 0.868. The normalized spacial score (nSPS) is 10.5. The van der Waals surface area contributed by atoms with Crippen molar-refractivity contribution in [1.82, 2.24) is 9.97 Å². The predicted octanol–water partition coefficient (Wildman–Crippen LogP) is 1.59. The van der Waals surface area contributed by atoms with E-state index in [4.69, 9.17) is 17.3 Å². The molecule has 0 unspecified atom stereocenters. The van der Waals surface area contributed by atoms with Crippen LogP contribution in [0, 0.1) is 0 Å². The number of hydrogen-bond acceptors (Lipinski definition) is 3. The van der Waals surface area contributed by atoms with Gasteiger partial charge in [0.05, 0.1) is 0 Å². The summed E-state index contributed by atoms with van der Waals surface area (Å²) < 4.78 is 0. The van der Waals surface area contributed by atoms with Gasteiger partial charge in [0.1, 0.15) is 5.82 Å². The largest absolute Gasteiger partial charge is 0.330 e. The van der Waals surface area contributed by atoms with E-state index in [1.807, 2.05) is 12.1 Å². The summed E-state index contributed by atoms with van der Waals surface area (Å²) in [5.74, 6) is 0.512. The molecule has 0 fully saturated rings. The summed E-state index contributed by atoms with van der Waals surface area (Å²) in [7, 11) is 0. The van der Waals surface area contributed by atoms with Gasteiger partial charge in [-0.25, -0.2) is 4.98 Å². The molecule has 17 heavy (non-hydrogen) atoms. The highest BCUT2D eigenvalue weighted by Crippen LogP contribution is 2.18. The number of nitrogens with two attached hydrogens (primary N) is 1. The summed E-state index contributed by atoms with van der Waals surface area (Å²) in [5, 5.41) is 0.608. The van der Waals surface area contributed by atoms with E-state index in [1.54, 1.807) is 18.3 Å². The first-order valence-corrected chi connectivity index (χ1v) is 5.62. The van der Waals surface area contributed by atoms with Crippen LogP contribution in [0.3, 0.4) is 0 Å². The molecule has 0 aliphatic heterocycles. The van der Waals surface area contributed by atoms with E-state index in [1.165, 1.54) is 0 Å². The van der Waals surface area contributed by atoms with E-state index in [9.17, 15) is 4.79 Å². The van der Waals surface area contributed by atoms with Crippen molar-refractivity contribution in [3.8, 4) is 11.4 Å². The van der Waals surface area contributed by atoms with Crippen LogP contribution in [0.25, 0.3) is 11.4 Å². The summed E-state index contributed by atoms with van der Waals surface area (Å²) in [6.07, 6.45) is 2.08. The fraction of sp³-hybridized carbons (Fsp3) is 0.167. The molecule has 0 bridgehead atoms. The highest BCUT2D eigenvalue weighted by Gasteiger charge is 2.04. The summed E-state index contributed by atoms with van der Waals surface area (Å²) in [6, 6.07) is 7.17. The van der Waals surface area contributed by atoms with Gasteiger partial charge in [-0.2, -0.15) is 0 Å². The zero-order chi connectivity index (χ0) is 12.3. The Balaban J connectivity index is 2.41. The second kappa shape index (κ2) is 5.12. The summed E-state index contributed by atoms with van der Waals surface area (Å²) in [5.41, 5.74) is 6.63. The lowest BCUT2D eigenvalue weighted by Crippen LogP contribution is -2.17. The van der Waals surface area contributed by atoms with E-state index in [0.29, 0.717) is 29.4 Å². The van der Waals surface area contributed by atoms with Crippen molar-refractivity contribution in [2.45, 2.75) is 6.42 Å². The lowest BCUT2D eigenvalue weighted by molar-refractivity contribution is 0.924. The van der Waals surface area contributed by atoms with Gasteiger partial charge in [0.25, 0.3) is 5.56 Å². The van der Waals surface area contributed by atoms with Gasteiger partial charge in [-0.3, -0.25) is 4.79 Å². The molecule has 0 aliphatic carbocycles. The molecule has 88 valence electrons. The Morgan fingerprint density at radius 1 is 1.41 bits per heavy atom. The molecule has 5 heteroatoms. The topological polar surface area (TPSA) is 71.8 Å². The van der Waals surface area contributed by atoms with Crippen molar-refractivity contribution in [3.05, 3.63) is 51.4 Å². The van der Waals surface area contributed by atoms with Crippen molar-refractivity contribution >= 4 is 11.6 Å². The van der Waals surface area contributed by atoms with Crippen molar-refractivity contribution in [2.75, 3.05) is 6.54 Å². The fourth-order valence-electron chi connectivity index (χ4n) is 1.54. The van der Waals surface area contributed by atoms with Gasteiger partial charge in [-0.1, -0.05) is 23.7 Å². The Labute approximate surface area is 103 Å². The molecule has 1 aromatic heterocycles. The maximum atomic E-state index is 11.7. The average molecular weight is 250 g/mol. The van der Waals surface area contributed by atoms with Crippen molar-refractivity contribution in [3.63, 3.8) is 0 Å². The van der Waals surface area contributed by atoms with Crippen LogP contribution in [-0.4, -0.2) is 16.5 Å². The van der Waals surface area contributed by atoms with Gasteiger partial charge in [0, 0.05) is 22.3 Å². The van der Waals surface area contributed by atoms with Crippen LogP contribution in [0.15, 0.2) is 35.3 Å². The van der Waals surface area contributed by atoms with E-state index < -0.39 is 0 Å². The zero-order valence-corrected chi connectivity index (χ0v) is 9.87. The molecule has 0 atom stereocenters. The number of halogens is 1. The minimum Gasteiger partial charge on any atom is -0.330 e. The maximum Gasteiger partial charge on any atom is 0.254 e. The van der Waals surface area contributed by atoms with E-state index in [0.717, 1.165) is 5.56 Å². The molecule has 0 aliphatic rings. The Hall–Kier alpha value is -1.65. The van der Waals surface area contributed by atoms with Gasteiger partial charge in [0.15, 0.2) is 0 Å². The van der Waals surface area contributed by atoms with Crippen LogP contribution < -0.4 is 11.3 Å². The number of nitrogens with one attached hydrogen (secondary N) is 1. The second-order valence-corrected chi connectivity index (χ2v) is 4.07. The van der Waals surface area contributed by atoms with Crippen molar-refractivity contribution < 1.29 is 0 Å². The molecule has 0 saturated heterocycles. The number of aromatic nitrogens is 2. The zero-order valence-electron chi connectivity index (χ0n) is 9.11. The third-order valence-corrected chi connectivity index (χ3v) is 2.62. The fourth-order valence-corrected chi connectivity index (χ4v) is 1.73. The minimum absolute atomic E-state index is 0.152. The second-order valence-electron chi connectivity index (χ2n) is 3.64. The predicted molar refractivity (Wildman–Crippen MR) is 68.1 cm³/mol. The number of aromatic amines is 1. The molecule has 1 heterocycles. The van der Waals surface area contributed by atoms with Crippen LogP contribution in [-0.2, 0) is 6.42 Å². The number of nitrogens with zero attached hydrogens (tertiary/aromatic N) is 1. The lowest BCUT2D eigenvalue weighted by Gasteiger charge is -2.02. The molecule has 2 aromatic rings. The molecule has 0 amide bonds. The molecule has 0 spiro atoms. The minimum atomic E-state index is -0.152. The van der Waals surface area contributed by atoms with E-state index in [2.05, 4.69) is 9.97 Å². The van der Waals surface area contributed by atoms with Gasteiger partial charge in [-0.15, -0.1) is 0 Å². The van der Waals surface area contributed by atoms with Crippen molar-refractivity contribution in [2.24, 2.45) is 5.73 Å². The summed E-state index contributed by atoms with van der Waals surface area (Å²) in [6.45, 7) is 0.432. The van der Waals surface area contributed by atoms with E-state index in [-0.39, 0.29) is 5.56 Å². The Kier molecular flexibility index (Phi) is 3.56. The molecule has 2 rings (SSSR count). The highest BCUT2D eigenvalue weighted by molar-refractivity contribution is 6.30. The molecule has 4 nitrogen and oxygen atoms in total. The maximum absolute atomic E-state index is 11.7.